The fraction of sp³-hybridized carbons (Fsp3) is 0.462. The zero-order valence-corrected chi connectivity index (χ0v) is 19.6. The second kappa shape index (κ2) is 8.75. The van der Waals surface area contributed by atoms with Gasteiger partial charge in [-0.1, -0.05) is 47.5 Å². The number of likely N-dealkylation sites (tertiary alicyclic amines) is 1. The Balaban J connectivity index is 1.39. The Labute approximate surface area is 199 Å². The summed E-state index contributed by atoms with van der Waals surface area (Å²) >= 11 is 6.17. The monoisotopic (exact) mass is 468 g/mol. The summed E-state index contributed by atoms with van der Waals surface area (Å²) in [6.45, 7) is 4.72. The first-order valence-electron chi connectivity index (χ1n) is 11.6. The van der Waals surface area contributed by atoms with E-state index in [1.807, 2.05) is 23.1 Å². The van der Waals surface area contributed by atoms with Crippen molar-refractivity contribution < 1.29 is 19.1 Å². The summed E-state index contributed by atoms with van der Waals surface area (Å²) in [5.41, 5.74) is 1.84. The highest BCUT2D eigenvalue weighted by Crippen LogP contribution is 2.40. The molecule has 33 heavy (non-hydrogen) atoms. The molecule has 3 saturated heterocycles. The van der Waals surface area contributed by atoms with Gasteiger partial charge in [-0.3, -0.25) is 9.59 Å². The molecule has 0 radical (unpaired) electrons. The van der Waals surface area contributed by atoms with Crippen LogP contribution in [-0.4, -0.2) is 61.8 Å². The number of anilines is 1. The van der Waals surface area contributed by atoms with Gasteiger partial charge in [-0.2, -0.15) is 0 Å². The lowest BCUT2D eigenvalue weighted by molar-refractivity contribution is -0.144. The van der Waals surface area contributed by atoms with Crippen LogP contribution >= 0.6 is 11.6 Å². The van der Waals surface area contributed by atoms with Crippen LogP contribution in [0.15, 0.2) is 48.5 Å². The molecular formula is C26H29ClN2O4. The summed E-state index contributed by atoms with van der Waals surface area (Å²) in [5, 5.41) is 0.587. The van der Waals surface area contributed by atoms with E-state index in [0.29, 0.717) is 57.1 Å². The number of amides is 2. The van der Waals surface area contributed by atoms with Crippen molar-refractivity contribution in [1.29, 1.82) is 0 Å². The van der Waals surface area contributed by atoms with Gasteiger partial charge in [0.2, 0.25) is 5.91 Å². The van der Waals surface area contributed by atoms with Crippen LogP contribution in [-0.2, 0) is 24.5 Å². The lowest BCUT2D eigenvalue weighted by Crippen LogP contribution is -2.57. The topological polar surface area (TPSA) is 59.1 Å². The summed E-state index contributed by atoms with van der Waals surface area (Å²) in [5.74, 6) is 0.0522. The Kier molecular flexibility index (Phi) is 5.93. The van der Waals surface area contributed by atoms with Crippen LogP contribution in [0.3, 0.4) is 0 Å². The number of morpholine rings is 1. The molecule has 0 aliphatic carbocycles. The van der Waals surface area contributed by atoms with Crippen molar-refractivity contribution in [3.63, 3.8) is 0 Å². The molecule has 3 fully saturated rings. The number of ether oxygens (including phenoxy) is 2. The summed E-state index contributed by atoms with van der Waals surface area (Å²) in [6.07, 6.45) is 2.04. The molecule has 7 heteroatoms. The summed E-state index contributed by atoms with van der Waals surface area (Å²) < 4.78 is 11.7. The van der Waals surface area contributed by atoms with Crippen molar-refractivity contribution in [3.8, 4) is 0 Å². The number of nitrogens with zero attached hydrogens (tertiary/aromatic N) is 2. The van der Waals surface area contributed by atoms with Gasteiger partial charge < -0.3 is 19.3 Å². The van der Waals surface area contributed by atoms with Crippen molar-refractivity contribution in [2.45, 2.75) is 37.2 Å². The molecule has 2 amide bonds. The van der Waals surface area contributed by atoms with Gasteiger partial charge in [0.1, 0.15) is 12.2 Å². The van der Waals surface area contributed by atoms with Gasteiger partial charge in [-0.25, -0.2) is 0 Å². The molecule has 0 unspecified atom stereocenters. The smallest absolute Gasteiger partial charge is 0.253 e. The van der Waals surface area contributed by atoms with Crippen LogP contribution in [0.1, 0.15) is 30.4 Å². The second-order valence-electron chi connectivity index (χ2n) is 9.47. The van der Waals surface area contributed by atoms with E-state index >= 15 is 0 Å². The molecule has 174 valence electrons. The predicted octanol–water partition coefficient (Wildman–Crippen LogP) is 3.73. The minimum Gasteiger partial charge on any atom is -0.381 e. The number of aryl methyl sites for hydroxylation is 1. The van der Waals surface area contributed by atoms with Gasteiger partial charge in [0, 0.05) is 30.5 Å². The van der Waals surface area contributed by atoms with E-state index in [1.165, 1.54) is 0 Å². The SMILES string of the molecule is Cc1cccc(C2(C(=O)N3CC[C@@]4(C3)CN(c3cccc(Cl)c3)C(=O)CO4)CCOCC2)c1. The van der Waals surface area contributed by atoms with Gasteiger partial charge in [0.25, 0.3) is 5.91 Å². The molecule has 1 atom stereocenters. The van der Waals surface area contributed by atoms with Crippen molar-refractivity contribution >= 4 is 29.1 Å². The molecule has 3 aliphatic heterocycles. The second-order valence-corrected chi connectivity index (χ2v) is 9.91. The number of carbonyl (C=O) groups excluding carboxylic acids is 2. The zero-order chi connectivity index (χ0) is 23.1. The van der Waals surface area contributed by atoms with Crippen molar-refractivity contribution in [2.75, 3.05) is 44.4 Å². The van der Waals surface area contributed by atoms with Crippen LogP contribution in [0.25, 0.3) is 0 Å². The standard InChI is InChI=1S/C26H29ClN2O4/c1-19-4-2-5-20(14-19)26(9-12-32-13-10-26)24(31)28-11-8-25(17-28)18-29(23(30)16-33-25)22-7-3-6-21(27)15-22/h2-7,14-15H,8-13,16-18H2,1H3/t25-/m1/s1. The molecule has 0 aromatic heterocycles. The van der Waals surface area contributed by atoms with E-state index in [0.717, 1.165) is 16.8 Å². The van der Waals surface area contributed by atoms with E-state index in [2.05, 4.69) is 25.1 Å². The number of benzene rings is 2. The number of hydrogen-bond donors (Lipinski definition) is 0. The van der Waals surface area contributed by atoms with Gasteiger partial charge in [0.15, 0.2) is 0 Å². The molecule has 0 bridgehead atoms. The Hall–Kier alpha value is -2.41. The Morgan fingerprint density at radius 1 is 1.03 bits per heavy atom. The highest BCUT2D eigenvalue weighted by molar-refractivity contribution is 6.30. The number of halogens is 1. The van der Waals surface area contributed by atoms with E-state index in [1.54, 1.807) is 17.0 Å². The summed E-state index contributed by atoms with van der Waals surface area (Å²) in [4.78, 5) is 30.4. The minimum absolute atomic E-state index is 0.00536. The summed E-state index contributed by atoms with van der Waals surface area (Å²) in [7, 11) is 0. The molecule has 3 heterocycles. The van der Waals surface area contributed by atoms with E-state index in [-0.39, 0.29) is 18.4 Å². The molecule has 6 nitrogen and oxygen atoms in total. The third kappa shape index (κ3) is 4.16. The lowest BCUT2D eigenvalue weighted by Gasteiger charge is -2.42. The molecule has 5 rings (SSSR count). The largest absolute Gasteiger partial charge is 0.381 e. The fourth-order valence-electron chi connectivity index (χ4n) is 5.45. The van der Waals surface area contributed by atoms with E-state index in [9.17, 15) is 9.59 Å². The average molecular weight is 469 g/mol. The third-order valence-electron chi connectivity index (χ3n) is 7.30. The maximum absolute atomic E-state index is 14.0. The fourth-order valence-corrected chi connectivity index (χ4v) is 5.63. The van der Waals surface area contributed by atoms with Crippen molar-refractivity contribution in [3.05, 3.63) is 64.7 Å². The van der Waals surface area contributed by atoms with Crippen LogP contribution in [0.5, 0.6) is 0 Å². The molecular weight excluding hydrogens is 440 g/mol. The van der Waals surface area contributed by atoms with Gasteiger partial charge in [-0.15, -0.1) is 0 Å². The quantitative estimate of drug-likeness (QED) is 0.688. The average Bonchev–Trinajstić information content (AvgIpc) is 3.24. The Morgan fingerprint density at radius 3 is 2.58 bits per heavy atom. The summed E-state index contributed by atoms with van der Waals surface area (Å²) in [6, 6.07) is 15.6. The molecule has 1 spiro atoms. The lowest BCUT2D eigenvalue weighted by atomic mass is 9.72. The van der Waals surface area contributed by atoms with Crippen LogP contribution < -0.4 is 4.90 Å². The first kappa shape index (κ1) is 22.4. The van der Waals surface area contributed by atoms with Gasteiger partial charge in [-0.05, 0) is 49.9 Å². The normalized spacial score (nSPS) is 25.0. The van der Waals surface area contributed by atoms with Crippen LogP contribution in [0.2, 0.25) is 5.02 Å². The van der Waals surface area contributed by atoms with Crippen molar-refractivity contribution in [2.24, 2.45) is 0 Å². The highest BCUT2D eigenvalue weighted by atomic mass is 35.5. The number of rotatable bonds is 3. The third-order valence-corrected chi connectivity index (χ3v) is 7.53. The maximum atomic E-state index is 14.0. The Morgan fingerprint density at radius 2 is 1.82 bits per heavy atom. The highest BCUT2D eigenvalue weighted by Gasteiger charge is 2.51. The van der Waals surface area contributed by atoms with Gasteiger partial charge in [0.05, 0.1) is 18.5 Å². The van der Waals surface area contributed by atoms with Gasteiger partial charge >= 0.3 is 0 Å². The molecule has 3 aliphatic rings. The first-order valence-corrected chi connectivity index (χ1v) is 11.9. The predicted molar refractivity (Wildman–Crippen MR) is 127 cm³/mol. The van der Waals surface area contributed by atoms with E-state index < -0.39 is 11.0 Å². The molecule has 2 aromatic rings. The molecule has 0 N–H and O–H groups in total. The van der Waals surface area contributed by atoms with Crippen LogP contribution in [0.4, 0.5) is 5.69 Å². The minimum atomic E-state index is -0.576. The van der Waals surface area contributed by atoms with Crippen molar-refractivity contribution in [1.82, 2.24) is 4.90 Å². The zero-order valence-electron chi connectivity index (χ0n) is 18.9. The van der Waals surface area contributed by atoms with E-state index in [4.69, 9.17) is 21.1 Å². The maximum Gasteiger partial charge on any atom is 0.253 e. The molecule has 2 aromatic carbocycles. The first-order chi connectivity index (χ1) is 15.9. The van der Waals surface area contributed by atoms with Crippen LogP contribution in [0, 0.1) is 6.92 Å². The Bertz CT molecular complexity index is 1070. The molecule has 0 saturated carbocycles. The number of carbonyl (C=O) groups is 2. The number of hydrogen-bond acceptors (Lipinski definition) is 4.